The molecular weight excluding hydrogens is 282 g/mol. The first-order chi connectivity index (χ1) is 10.7. The quantitative estimate of drug-likeness (QED) is 0.807. The van der Waals surface area contributed by atoms with Crippen LogP contribution in [-0.4, -0.2) is 66.2 Å². The lowest BCUT2D eigenvalue weighted by molar-refractivity contribution is -0.135. The van der Waals surface area contributed by atoms with E-state index in [-0.39, 0.29) is 12.0 Å². The normalized spacial score (nSPS) is 21.9. The molecule has 1 aromatic rings. The van der Waals surface area contributed by atoms with E-state index < -0.39 is 0 Å². The number of hydrogen-bond donors (Lipinski definition) is 2. The highest BCUT2D eigenvalue weighted by molar-refractivity contribution is 5.73. The van der Waals surface area contributed by atoms with E-state index >= 15 is 0 Å². The molecule has 7 heteroatoms. The molecule has 0 aliphatic carbocycles. The number of ether oxygens (including phenoxy) is 1. The number of rotatable bonds is 3. The van der Waals surface area contributed by atoms with Crippen LogP contribution in [-0.2, 0) is 22.4 Å². The highest BCUT2D eigenvalue weighted by atomic mass is 16.5. The molecule has 0 radical (unpaired) electrons. The molecular formula is C15H23N5O2. The van der Waals surface area contributed by atoms with E-state index in [2.05, 4.69) is 20.6 Å². The molecule has 1 unspecified atom stereocenters. The van der Waals surface area contributed by atoms with E-state index in [1.54, 1.807) is 13.3 Å². The second-order valence-corrected chi connectivity index (χ2v) is 5.74. The molecule has 1 atom stereocenters. The average Bonchev–Trinajstić information content (AvgIpc) is 2.79. The van der Waals surface area contributed by atoms with Crippen molar-refractivity contribution in [2.45, 2.75) is 25.9 Å². The molecule has 2 aliphatic heterocycles. The van der Waals surface area contributed by atoms with Gasteiger partial charge in [0.15, 0.2) is 0 Å². The Morgan fingerprint density at radius 3 is 3.18 bits per heavy atom. The average molecular weight is 305 g/mol. The van der Waals surface area contributed by atoms with Crippen molar-refractivity contribution in [3.63, 3.8) is 0 Å². The van der Waals surface area contributed by atoms with Crippen LogP contribution in [0.1, 0.15) is 18.2 Å². The lowest BCUT2D eigenvalue weighted by Crippen LogP contribution is -2.47. The number of amides is 1. The zero-order valence-corrected chi connectivity index (χ0v) is 13.0. The fourth-order valence-electron chi connectivity index (χ4n) is 2.96. The summed E-state index contributed by atoms with van der Waals surface area (Å²) in [5.74, 6) is 1.01. The van der Waals surface area contributed by atoms with E-state index in [4.69, 9.17) is 4.74 Å². The fourth-order valence-corrected chi connectivity index (χ4v) is 2.96. The van der Waals surface area contributed by atoms with Crippen molar-refractivity contribution in [2.75, 3.05) is 44.6 Å². The number of anilines is 1. The van der Waals surface area contributed by atoms with Gasteiger partial charge >= 0.3 is 0 Å². The molecule has 1 amide bonds. The van der Waals surface area contributed by atoms with Gasteiger partial charge in [0.1, 0.15) is 12.1 Å². The van der Waals surface area contributed by atoms with Crippen molar-refractivity contribution in [1.29, 1.82) is 0 Å². The molecule has 0 saturated carbocycles. The molecule has 1 saturated heterocycles. The van der Waals surface area contributed by atoms with Gasteiger partial charge in [-0.2, -0.15) is 0 Å². The largest absolute Gasteiger partial charge is 0.373 e. The van der Waals surface area contributed by atoms with Gasteiger partial charge in [0.05, 0.1) is 18.4 Å². The Labute approximate surface area is 130 Å². The van der Waals surface area contributed by atoms with E-state index in [0.29, 0.717) is 26.2 Å². The monoisotopic (exact) mass is 305 g/mol. The van der Waals surface area contributed by atoms with Crippen molar-refractivity contribution in [3.05, 3.63) is 17.6 Å². The molecule has 2 aliphatic rings. The first-order valence-corrected chi connectivity index (χ1v) is 7.88. The summed E-state index contributed by atoms with van der Waals surface area (Å²) in [6, 6.07) is 0. The summed E-state index contributed by atoms with van der Waals surface area (Å²) in [6.45, 7) is 6.08. The predicted octanol–water partition coefficient (Wildman–Crippen LogP) is -0.176. The summed E-state index contributed by atoms with van der Waals surface area (Å²) >= 11 is 0. The lowest BCUT2D eigenvalue weighted by Gasteiger charge is -2.32. The topological polar surface area (TPSA) is 79.4 Å². The summed E-state index contributed by atoms with van der Waals surface area (Å²) in [5, 5.41) is 6.77. The van der Waals surface area contributed by atoms with Crippen molar-refractivity contribution >= 4 is 11.7 Å². The number of nitrogens with zero attached hydrogens (tertiary/aromatic N) is 3. The maximum Gasteiger partial charge on any atom is 0.219 e. The number of carbonyl (C=O) groups excluding carboxylic acids is 1. The number of morpholine rings is 1. The second kappa shape index (κ2) is 7.02. The molecule has 3 heterocycles. The van der Waals surface area contributed by atoms with Crippen LogP contribution < -0.4 is 10.6 Å². The molecule has 3 rings (SSSR count). The Morgan fingerprint density at radius 1 is 1.45 bits per heavy atom. The van der Waals surface area contributed by atoms with Crippen LogP contribution in [0.3, 0.4) is 0 Å². The Balaban J connectivity index is 1.63. The number of carbonyl (C=O) groups is 1. The highest BCUT2D eigenvalue weighted by Crippen LogP contribution is 2.18. The molecule has 0 spiro atoms. The molecule has 0 aromatic carbocycles. The van der Waals surface area contributed by atoms with Gasteiger partial charge in [-0.05, 0) is 13.0 Å². The van der Waals surface area contributed by atoms with E-state index in [1.807, 2.05) is 4.90 Å². The third-order valence-electron chi connectivity index (χ3n) is 4.21. The van der Waals surface area contributed by atoms with E-state index in [0.717, 1.165) is 37.4 Å². The number of aromatic nitrogens is 2. The predicted molar refractivity (Wildman–Crippen MR) is 82.8 cm³/mol. The van der Waals surface area contributed by atoms with Gasteiger partial charge in [-0.25, -0.2) is 9.97 Å². The SMILES string of the molecule is CC(=O)N1CCOC(CNc2ncnc3c2CCNCC3)C1. The van der Waals surface area contributed by atoms with Crippen LogP contribution in [0.15, 0.2) is 6.33 Å². The van der Waals surface area contributed by atoms with Crippen LogP contribution in [0.2, 0.25) is 0 Å². The first kappa shape index (κ1) is 15.2. The summed E-state index contributed by atoms with van der Waals surface area (Å²) < 4.78 is 5.74. The van der Waals surface area contributed by atoms with Crippen LogP contribution in [0.4, 0.5) is 5.82 Å². The smallest absolute Gasteiger partial charge is 0.219 e. The van der Waals surface area contributed by atoms with Gasteiger partial charge in [0.2, 0.25) is 5.91 Å². The maximum atomic E-state index is 11.5. The van der Waals surface area contributed by atoms with Gasteiger partial charge in [0.25, 0.3) is 0 Å². The van der Waals surface area contributed by atoms with Crippen molar-refractivity contribution in [2.24, 2.45) is 0 Å². The van der Waals surface area contributed by atoms with Crippen molar-refractivity contribution in [3.8, 4) is 0 Å². The summed E-state index contributed by atoms with van der Waals surface area (Å²) in [5.41, 5.74) is 2.32. The number of fused-ring (bicyclic) bond motifs is 1. The van der Waals surface area contributed by atoms with Crippen LogP contribution >= 0.6 is 0 Å². The third-order valence-corrected chi connectivity index (χ3v) is 4.21. The standard InChI is InChI=1S/C15H23N5O2/c1-11(21)20-6-7-22-12(9-20)8-17-15-13-2-4-16-5-3-14(13)18-10-19-15/h10,12,16H,2-9H2,1H3,(H,17,18,19). The van der Waals surface area contributed by atoms with E-state index in [9.17, 15) is 4.79 Å². The lowest BCUT2D eigenvalue weighted by atomic mass is 10.1. The fraction of sp³-hybridized carbons (Fsp3) is 0.667. The second-order valence-electron chi connectivity index (χ2n) is 5.74. The minimum atomic E-state index is 0.00664. The van der Waals surface area contributed by atoms with E-state index in [1.165, 1.54) is 5.56 Å². The summed E-state index contributed by atoms with van der Waals surface area (Å²) in [4.78, 5) is 22.1. The van der Waals surface area contributed by atoms with Crippen molar-refractivity contribution < 1.29 is 9.53 Å². The minimum Gasteiger partial charge on any atom is -0.373 e. The molecule has 1 fully saturated rings. The van der Waals surface area contributed by atoms with Crippen LogP contribution in [0, 0.1) is 0 Å². The summed E-state index contributed by atoms with van der Waals surface area (Å²) in [6.07, 6.45) is 3.50. The first-order valence-electron chi connectivity index (χ1n) is 7.88. The van der Waals surface area contributed by atoms with Gasteiger partial charge in [-0.1, -0.05) is 0 Å². The molecule has 1 aromatic heterocycles. The van der Waals surface area contributed by atoms with Gasteiger partial charge in [0, 0.05) is 45.1 Å². The van der Waals surface area contributed by atoms with Gasteiger partial charge < -0.3 is 20.3 Å². The Kier molecular flexibility index (Phi) is 4.84. The minimum absolute atomic E-state index is 0.00664. The highest BCUT2D eigenvalue weighted by Gasteiger charge is 2.22. The number of nitrogens with one attached hydrogen (secondary N) is 2. The molecule has 120 valence electrons. The van der Waals surface area contributed by atoms with Crippen LogP contribution in [0.5, 0.6) is 0 Å². The summed E-state index contributed by atoms with van der Waals surface area (Å²) in [7, 11) is 0. The third kappa shape index (κ3) is 3.53. The van der Waals surface area contributed by atoms with Gasteiger partial charge in [-0.15, -0.1) is 0 Å². The zero-order chi connectivity index (χ0) is 15.4. The Morgan fingerprint density at radius 2 is 2.32 bits per heavy atom. The van der Waals surface area contributed by atoms with Crippen molar-refractivity contribution in [1.82, 2.24) is 20.2 Å². The van der Waals surface area contributed by atoms with Crippen LogP contribution in [0.25, 0.3) is 0 Å². The molecule has 2 N–H and O–H groups in total. The molecule has 22 heavy (non-hydrogen) atoms. The van der Waals surface area contributed by atoms with Gasteiger partial charge in [-0.3, -0.25) is 4.79 Å². The Hall–Kier alpha value is -1.73. The molecule has 7 nitrogen and oxygen atoms in total. The number of hydrogen-bond acceptors (Lipinski definition) is 6. The zero-order valence-electron chi connectivity index (χ0n) is 13.0. The molecule has 0 bridgehead atoms. The maximum absolute atomic E-state index is 11.5. The Bertz CT molecular complexity index is 537.